The zero-order valence-corrected chi connectivity index (χ0v) is 17.2. The van der Waals surface area contributed by atoms with Crippen LogP contribution in [-0.2, 0) is 7.05 Å². The second-order valence-electron chi connectivity index (χ2n) is 7.16. The van der Waals surface area contributed by atoms with E-state index >= 15 is 0 Å². The summed E-state index contributed by atoms with van der Waals surface area (Å²) in [5, 5.41) is 9.65. The van der Waals surface area contributed by atoms with Gasteiger partial charge in [0.15, 0.2) is 23.0 Å². The first-order chi connectivity index (χ1) is 15.6. The quantitative estimate of drug-likeness (QED) is 0.646. The minimum atomic E-state index is -0.478. The molecule has 2 aromatic carbocycles. The fraction of sp³-hybridized carbons (Fsp3) is 0.227. The third-order valence-electron chi connectivity index (χ3n) is 5.00. The summed E-state index contributed by atoms with van der Waals surface area (Å²) in [4.78, 5) is 25.9. The van der Waals surface area contributed by atoms with Crippen LogP contribution in [0, 0.1) is 0 Å². The Labute approximate surface area is 183 Å². The molecule has 10 heteroatoms. The highest BCUT2D eigenvalue weighted by Gasteiger charge is 2.23. The summed E-state index contributed by atoms with van der Waals surface area (Å²) in [6.45, 7) is 1.85. The van der Waals surface area contributed by atoms with Crippen molar-refractivity contribution in [3.63, 3.8) is 0 Å². The Morgan fingerprint density at radius 3 is 1.84 bits per heavy atom. The van der Waals surface area contributed by atoms with Gasteiger partial charge in [0.2, 0.25) is 0 Å². The molecule has 3 heterocycles. The lowest BCUT2D eigenvalue weighted by atomic mass is 10.2. The molecular weight excluding hydrogens is 416 g/mol. The number of ether oxygens (including phenoxy) is 4. The zero-order valence-electron chi connectivity index (χ0n) is 17.2. The molecule has 10 nitrogen and oxygen atoms in total. The van der Waals surface area contributed by atoms with Crippen LogP contribution in [0.25, 0.3) is 0 Å². The minimum Gasteiger partial charge on any atom is -0.486 e. The third kappa shape index (κ3) is 3.78. The van der Waals surface area contributed by atoms with Crippen molar-refractivity contribution >= 4 is 23.2 Å². The monoisotopic (exact) mass is 436 g/mol. The minimum absolute atomic E-state index is 0.120. The Morgan fingerprint density at radius 1 is 0.781 bits per heavy atom. The molecule has 0 saturated heterocycles. The summed E-state index contributed by atoms with van der Waals surface area (Å²) < 4.78 is 23.4. The molecule has 164 valence electrons. The summed E-state index contributed by atoms with van der Waals surface area (Å²) in [7, 11) is 1.60. The van der Waals surface area contributed by atoms with E-state index in [9.17, 15) is 9.59 Å². The molecule has 0 fully saturated rings. The van der Waals surface area contributed by atoms with E-state index < -0.39 is 11.8 Å². The average Bonchev–Trinajstić information content (AvgIpc) is 3.20. The van der Waals surface area contributed by atoms with E-state index in [2.05, 4.69) is 15.7 Å². The van der Waals surface area contributed by atoms with Crippen molar-refractivity contribution in [1.29, 1.82) is 0 Å². The Hall–Kier alpha value is -4.21. The van der Waals surface area contributed by atoms with Gasteiger partial charge in [-0.2, -0.15) is 5.10 Å². The van der Waals surface area contributed by atoms with Gasteiger partial charge < -0.3 is 29.6 Å². The summed E-state index contributed by atoms with van der Waals surface area (Å²) in [5.74, 6) is 1.40. The molecule has 5 rings (SSSR count). The number of anilines is 2. The maximum atomic E-state index is 13.0. The van der Waals surface area contributed by atoms with Crippen molar-refractivity contribution in [2.24, 2.45) is 7.05 Å². The fourth-order valence-corrected chi connectivity index (χ4v) is 3.50. The molecule has 0 atom stereocenters. The van der Waals surface area contributed by atoms with Crippen molar-refractivity contribution in [2.45, 2.75) is 0 Å². The van der Waals surface area contributed by atoms with Gasteiger partial charge >= 0.3 is 0 Å². The van der Waals surface area contributed by atoms with E-state index in [0.29, 0.717) is 60.8 Å². The van der Waals surface area contributed by atoms with Gasteiger partial charge in [0.25, 0.3) is 11.8 Å². The highest BCUT2D eigenvalue weighted by molar-refractivity contribution is 6.14. The van der Waals surface area contributed by atoms with E-state index in [-0.39, 0.29) is 11.3 Å². The lowest BCUT2D eigenvalue weighted by Gasteiger charge is -2.19. The number of nitrogens with zero attached hydrogens (tertiary/aromatic N) is 2. The first kappa shape index (κ1) is 19.7. The van der Waals surface area contributed by atoms with E-state index in [1.54, 1.807) is 43.4 Å². The normalized spacial score (nSPS) is 13.9. The average molecular weight is 436 g/mol. The number of hydrogen-bond donors (Lipinski definition) is 2. The van der Waals surface area contributed by atoms with Crippen molar-refractivity contribution < 1.29 is 28.5 Å². The van der Waals surface area contributed by atoms with Crippen LogP contribution >= 0.6 is 0 Å². The van der Waals surface area contributed by atoms with Gasteiger partial charge in [-0.1, -0.05) is 0 Å². The predicted octanol–water partition coefficient (Wildman–Crippen LogP) is 2.47. The zero-order chi connectivity index (χ0) is 22.1. The first-order valence-corrected chi connectivity index (χ1v) is 10.0. The number of hydrogen-bond acceptors (Lipinski definition) is 7. The number of carbonyl (C=O) groups excluding carboxylic acids is 2. The van der Waals surface area contributed by atoms with Gasteiger partial charge in [-0.05, 0) is 24.3 Å². The Kier molecular flexibility index (Phi) is 5.02. The van der Waals surface area contributed by atoms with Crippen molar-refractivity contribution in [3.05, 3.63) is 53.9 Å². The number of carbonyl (C=O) groups is 2. The maximum absolute atomic E-state index is 13.0. The van der Waals surface area contributed by atoms with Gasteiger partial charge in [0.1, 0.15) is 32.1 Å². The van der Waals surface area contributed by atoms with Crippen LogP contribution < -0.4 is 29.6 Å². The van der Waals surface area contributed by atoms with Crippen LogP contribution in [0.5, 0.6) is 23.0 Å². The van der Waals surface area contributed by atoms with Gasteiger partial charge in [-0.3, -0.25) is 14.3 Å². The highest BCUT2D eigenvalue weighted by Crippen LogP contribution is 2.34. The molecule has 2 amide bonds. The number of nitrogens with one attached hydrogen (secondary N) is 2. The number of aryl methyl sites for hydroxylation is 1. The summed E-state index contributed by atoms with van der Waals surface area (Å²) in [6.07, 6.45) is 1.35. The molecular formula is C22H20N4O6. The molecule has 0 bridgehead atoms. The number of amides is 2. The molecule has 32 heavy (non-hydrogen) atoms. The van der Waals surface area contributed by atoms with E-state index in [1.165, 1.54) is 10.9 Å². The molecule has 0 spiro atoms. The smallest absolute Gasteiger partial charge is 0.274 e. The molecule has 0 radical (unpaired) electrons. The van der Waals surface area contributed by atoms with Crippen LogP contribution in [0.3, 0.4) is 0 Å². The maximum Gasteiger partial charge on any atom is 0.274 e. The van der Waals surface area contributed by atoms with Crippen LogP contribution in [0.4, 0.5) is 11.4 Å². The number of benzene rings is 2. The topological polar surface area (TPSA) is 113 Å². The van der Waals surface area contributed by atoms with E-state index in [1.807, 2.05) is 0 Å². The van der Waals surface area contributed by atoms with Crippen LogP contribution in [0.2, 0.25) is 0 Å². The first-order valence-electron chi connectivity index (χ1n) is 10.0. The van der Waals surface area contributed by atoms with Crippen LogP contribution in [0.15, 0.2) is 42.6 Å². The van der Waals surface area contributed by atoms with Gasteiger partial charge in [0, 0.05) is 30.6 Å². The number of aromatic nitrogens is 2. The summed E-state index contributed by atoms with van der Waals surface area (Å²) in [6, 6.07) is 10.2. The molecule has 0 aliphatic carbocycles. The number of fused-ring (bicyclic) bond motifs is 2. The van der Waals surface area contributed by atoms with Gasteiger partial charge in [0.05, 0.1) is 11.8 Å². The van der Waals surface area contributed by atoms with Crippen LogP contribution in [-0.4, -0.2) is 48.0 Å². The fourth-order valence-electron chi connectivity index (χ4n) is 3.50. The van der Waals surface area contributed by atoms with Crippen LogP contribution in [0.1, 0.15) is 20.8 Å². The Morgan fingerprint density at radius 2 is 1.28 bits per heavy atom. The Bertz CT molecular complexity index is 1210. The molecule has 2 aliphatic rings. The molecule has 0 unspecified atom stereocenters. The lowest BCUT2D eigenvalue weighted by Crippen LogP contribution is -2.22. The van der Waals surface area contributed by atoms with Crippen molar-refractivity contribution in [2.75, 3.05) is 37.1 Å². The van der Waals surface area contributed by atoms with E-state index in [0.717, 1.165) is 0 Å². The third-order valence-corrected chi connectivity index (χ3v) is 5.00. The second kappa shape index (κ2) is 8.14. The summed E-state index contributed by atoms with van der Waals surface area (Å²) in [5.41, 5.74) is 1.28. The highest BCUT2D eigenvalue weighted by atomic mass is 16.6. The number of rotatable bonds is 4. The molecule has 2 N–H and O–H groups in total. The molecule has 0 saturated carbocycles. The summed E-state index contributed by atoms with van der Waals surface area (Å²) >= 11 is 0. The standard InChI is InChI=1S/C22H20N4O6/c1-26-20(22(28)25-14-3-5-17-19(11-14)32-9-7-30-17)15(12-23-26)21(27)24-13-2-4-16-18(10-13)31-8-6-29-16/h2-5,10-12H,6-9H2,1H3,(H,24,27)(H,25,28). The molecule has 3 aromatic rings. The largest absolute Gasteiger partial charge is 0.486 e. The lowest BCUT2D eigenvalue weighted by molar-refractivity contribution is 0.0985. The van der Waals surface area contributed by atoms with Crippen molar-refractivity contribution in [3.8, 4) is 23.0 Å². The second-order valence-corrected chi connectivity index (χ2v) is 7.16. The molecule has 2 aliphatic heterocycles. The predicted molar refractivity (Wildman–Crippen MR) is 114 cm³/mol. The van der Waals surface area contributed by atoms with Gasteiger partial charge in [-0.15, -0.1) is 0 Å². The van der Waals surface area contributed by atoms with Crippen molar-refractivity contribution in [1.82, 2.24) is 9.78 Å². The molecule has 1 aromatic heterocycles. The Balaban J connectivity index is 1.34. The SMILES string of the molecule is Cn1ncc(C(=O)Nc2ccc3c(c2)OCCO3)c1C(=O)Nc1ccc2c(c1)OCCO2. The van der Waals surface area contributed by atoms with Gasteiger partial charge in [-0.25, -0.2) is 0 Å². The van der Waals surface area contributed by atoms with E-state index in [4.69, 9.17) is 18.9 Å².